The van der Waals surface area contributed by atoms with Crippen LogP contribution in [-0.4, -0.2) is 21.6 Å². The monoisotopic (exact) mass is 354 g/mol. The normalized spacial score (nSPS) is 11.4. The summed E-state index contributed by atoms with van der Waals surface area (Å²) in [6.45, 7) is 2.26. The Morgan fingerprint density at radius 1 is 1.16 bits per heavy atom. The number of anilines is 1. The second-order valence-corrected chi connectivity index (χ2v) is 6.47. The average Bonchev–Trinajstić information content (AvgIpc) is 2.98. The molecule has 25 heavy (non-hydrogen) atoms. The summed E-state index contributed by atoms with van der Waals surface area (Å²) in [6.07, 6.45) is 0. The molecule has 0 radical (unpaired) electrons. The molecule has 126 valence electrons. The number of nitrogens with zero attached hydrogens (tertiary/aromatic N) is 4. The molecule has 0 saturated heterocycles. The fourth-order valence-corrected chi connectivity index (χ4v) is 3.27. The van der Waals surface area contributed by atoms with Crippen LogP contribution in [0.2, 0.25) is 5.02 Å². The lowest BCUT2D eigenvalue weighted by molar-refractivity contribution is 0.608. The minimum atomic E-state index is -0.315. The molecule has 0 spiro atoms. The number of aryl methyl sites for hydroxylation is 1. The van der Waals surface area contributed by atoms with Crippen LogP contribution in [0.4, 0.5) is 10.2 Å². The summed E-state index contributed by atoms with van der Waals surface area (Å²) in [7, 11) is 1.89. The molecule has 2 aromatic heterocycles. The van der Waals surface area contributed by atoms with Gasteiger partial charge in [0, 0.05) is 35.6 Å². The topological polar surface area (TPSA) is 33.4 Å². The molecular formula is C19H16ClFN4. The lowest BCUT2D eigenvalue weighted by Gasteiger charge is -2.21. The quantitative estimate of drug-likeness (QED) is 0.538. The van der Waals surface area contributed by atoms with Gasteiger partial charge in [0.25, 0.3) is 0 Å². The molecule has 2 heterocycles. The van der Waals surface area contributed by atoms with E-state index in [1.165, 1.54) is 6.07 Å². The van der Waals surface area contributed by atoms with Crippen LogP contribution in [0.5, 0.6) is 0 Å². The summed E-state index contributed by atoms with van der Waals surface area (Å²) in [5.41, 5.74) is 3.08. The van der Waals surface area contributed by atoms with Gasteiger partial charge in [0.1, 0.15) is 11.6 Å². The van der Waals surface area contributed by atoms with Gasteiger partial charge in [0.2, 0.25) is 0 Å². The van der Waals surface area contributed by atoms with Gasteiger partial charge in [-0.15, -0.1) is 0 Å². The van der Waals surface area contributed by atoms with Crippen LogP contribution < -0.4 is 4.90 Å². The van der Waals surface area contributed by atoms with E-state index in [4.69, 9.17) is 16.6 Å². The number of benzene rings is 2. The Balaban J connectivity index is 1.87. The minimum Gasteiger partial charge on any atom is -0.355 e. The number of aromatic nitrogens is 3. The van der Waals surface area contributed by atoms with Crippen molar-refractivity contribution in [1.29, 1.82) is 0 Å². The zero-order valence-corrected chi connectivity index (χ0v) is 14.6. The Labute approximate surface area is 149 Å². The number of halogens is 2. The maximum Gasteiger partial charge on any atom is 0.158 e. The van der Waals surface area contributed by atoms with Crippen LogP contribution in [0, 0.1) is 12.7 Å². The van der Waals surface area contributed by atoms with Crippen LogP contribution in [0.1, 0.15) is 11.3 Å². The summed E-state index contributed by atoms with van der Waals surface area (Å²) < 4.78 is 16.0. The van der Waals surface area contributed by atoms with Gasteiger partial charge in [-0.05, 0) is 31.2 Å². The number of fused-ring (bicyclic) bond motifs is 3. The van der Waals surface area contributed by atoms with Crippen molar-refractivity contribution in [2.75, 3.05) is 11.9 Å². The van der Waals surface area contributed by atoms with Gasteiger partial charge in [0.15, 0.2) is 5.65 Å². The first-order chi connectivity index (χ1) is 12.0. The third kappa shape index (κ3) is 2.70. The van der Waals surface area contributed by atoms with Crippen molar-refractivity contribution in [2.24, 2.45) is 0 Å². The van der Waals surface area contributed by atoms with Gasteiger partial charge in [-0.25, -0.2) is 13.9 Å². The van der Waals surface area contributed by atoms with Crippen molar-refractivity contribution in [2.45, 2.75) is 13.5 Å². The predicted molar refractivity (Wildman–Crippen MR) is 98.7 cm³/mol. The Kier molecular flexibility index (Phi) is 3.81. The average molecular weight is 355 g/mol. The van der Waals surface area contributed by atoms with E-state index < -0.39 is 0 Å². The van der Waals surface area contributed by atoms with Crippen LogP contribution in [0.15, 0.2) is 48.5 Å². The molecule has 0 aliphatic heterocycles. The molecule has 6 heteroatoms. The zero-order valence-electron chi connectivity index (χ0n) is 13.9. The standard InChI is InChI=1S/C19H16ClFN4/c1-12-10-18-22-19(13-6-3-4-9-17(13)25(18)23-12)24(2)11-14-15(20)7-5-8-16(14)21/h3-10H,11H2,1-2H3. The van der Waals surface area contributed by atoms with E-state index in [0.717, 1.165) is 28.1 Å². The fourth-order valence-electron chi connectivity index (χ4n) is 3.05. The Hall–Kier alpha value is -2.66. The molecule has 0 unspecified atom stereocenters. The van der Waals surface area contributed by atoms with E-state index in [1.54, 1.807) is 12.1 Å². The lowest BCUT2D eigenvalue weighted by Crippen LogP contribution is -2.19. The van der Waals surface area contributed by atoms with Crippen molar-refractivity contribution >= 4 is 34.0 Å². The smallest absolute Gasteiger partial charge is 0.158 e. The molecule has 0 fully saturated rings. The number of hydrogen-bond donors (Lipinski definition) is 0. The molecule has 0 N–H and O–H groups in total. The highest BCUT2D eigenvalue weighted by atomic mass is 35.5. The summed E-state index contributed by atoms with van der Waals surface area (Å²) in [5.74, 6) is 0.451. The maximum atomic E-state index is 14.2. The third-order valence-corrected chi connectivity index (χ3v) is 4.58. The van der Waals surface area contributed by atoms with Crippen molar-refractivity contribution in [1.82, 2.24) is 14.6 Å². The second-order valence-electron chi connectivity index (χ2n) is 6.06. The highest BCUT2D eigenvalue weighted by molar-refractivity contribution is 6.31. The first kappa shape index (κ1) is 15.8. The Morgan fingerprint density at radius 2 is 1.96 bits per heavy atom. The first-order valence-electron chi connectivity index (χ1n) is 7.94. The molecule has 4 aromatic rings. The van der Waals surface area contributed by atoms with Gasteiger partial charge in [-0.2, -0.15) is 5.10 Å². The van der Waals surface area contributed by atoms with Gasteiger partial charge >= 0.3 is 0 Å². The zero-order chi connectivity index (χ0) is 17.6. The van der Waals surface area contributed by atoms with Gasteiger partial charge in [-0.3, -0.25) is 0 Å². The maximum absolute atomic E-state index is 14.2. The molecule has 0 bridgehead atoms. The molecular weight excluding hydrogens is 339 g/mol. The van der Waals surface area contributed by atoms with Crippen molar-refractivity contribution < 1.29 is 4.39 Å². The largest absolute Gasteiger partial charge is 0.355 e. The third-order valence-electron chi connectivity index (χ3n) is 4.22. The van der Waals surface area contributed by atoms with Crippen LogP contribution in [0.25, 0.3) is 16.6 Å². The first-order valence-corrected chi connectivity index (χ1v) is 8.31. The molecule has 4 rings (SSSR count). The molecule has 0 amide bonds. The van der Waals surface area contributed by atoms with E-state index in [1.807, 2.05) is 53.7 Å². The summed E-state index contributed by atoms with van der Waals surface area (Å²) in [6, 6.07) is 14.6. The predicted octanol–water partition coefficient (Wildman–Crippen LogP) is 4.62. The molecule has 0 saturated carbocycles. The van der Waals surface area contributed by atoms with E-state index >= 15 is 0 Å². The molecule has 0 aliphatic rings. The fraction of sp³-hybridized carbons (Fsp3) is 0.158. The van der Waals surface area contributed by atoms with E-state index in [2.05, 4.69) is 5.10 Å². The van der Waals surface area contributed by atoms with Crippen LogP contribution >= 0.6 is 11.6 Å². The summed E-state index contributed by atoms with van der Waals surface area (Å²) in [4.78, 5) is 6.65. The van der Waals surface area contributed by atoms with E-state index in [9.17, 15) is 4.39 Å². The van der Waals surface area contributed by atoms with E-state index in [0.29, 0.717) is 17.1 Å². The SMILES string of the molecule is Cc1cc2nc(N(C)Cc3c(F)cccc3Cl)c3ccccc3n2n1. The van der Waals surface area contributed by atoms with Crippen molar-refractivity contribution in [3.63, 3.8) is 0 Å². The van der Waals surface area contributed by atoms with Gasteiger partial charge in [0.05, 0.1) is 11.2 Å². The molecule has 0 aliphatic carbocycles. The van der Waals surface area contributed by atoms with Crippen molar-refractivity contribution in [3.8, 4) is 0 Å². The molecule has 2 aromatic carbocycles. The summed E-state index contributed by atoms with van der Waals surface area (Å²) in [5, 5.41) is 5.87. The summed E-state index contributed by atoms with van der Waals surface area (Å²) >= 11 is 6.18. The number of para-hydroxylation sites is 1. The molecule has 0 atom stereocenters. The Bertz CT molecular complexity index is 1070. The minimum absolute atomic E-state index is 0.315. The highest BCUT2D eigenvalue weighted by Gasteiger charge is 2.16. The van der Waals surface area contributed by atoms with Crippen LogP contribution in [-0.2, 0) is 6.54 Å². The number of rotatable bonds is 3. The highest BCUT2D eigenvalue weighted by Crippen LogP contribution is 2.28. The second kappa shape index (κ2) is 6.01. The Morgan fingerprint density at radius 3 is 2.76 bits per heavy atom. The molecule has 4 nitrogen and oxygen atoms in total. The van der Waals surface area contributed by atoms with Crippen molar-refractivity contribution in [3.05, 3.63) is 70.6 Å². The van der Waals surface area contributed by atoms with E-state index in [-0.39, 0.29) is 5.82 Å². The number of hydrogen-bond acceptors (Lipinski definition) is 3. The van der Waals surface area contributed by atoms with Gasteiger partial charge in [-0.1, -0.05) is 29.8 Å². The van der Waals surface area contributed by atoms with Crippen LogP contribution in [0.3, 0.4) is 0 Å². The lowest BCUT2D eigenvalue weighted by atomic mass is 10.2. The van der Waals surface area contributed by atoms with Gasteiger partial charge < -0.3 is 4.90 Å².